The molecule has 0 aliphatic carbocycles. The zero-order valence-corrected chi connectivity index (χ0v) is 13.8. The molecule has 3 N–H and O–H groups in total. The van der Waals surface area contributed by atoms with E-state index in [0.29, 0.717) is 18.0 Å². The van der Waals surface area contributed by atoms with Crippen LogP contribution in [0.25, 0.3) is 11.4 Å². The third-order valence-electron chi connectivity index (χ3n) is 3.44. The van der Waals surface area contributed by atoms with Gasteiger partial charge in [0.25, 0.3) is 0 Å². The molecule has 1 atom stereocenters. The molecule has 124 valence electrons. The Kier molecular flexibility index (Phi) is 5.76. The Morgan fingerprint density at radius 1 is 1.39 bits per heavy atom. The smallest absolute Gasteiger partial charge is 0.319 e. The van der Waals surface area contributed by atoms with E-state index in [9.17, 15) is 9.90 Å². The molecular formula is C17H24N4O2. The van der Waals surface area contributed by atoms with Crippen molar-refractivity contribution < 1.29 is 9.90 Å². The number of aryl methyl sites for hydroxylation is 1. The highest BCUT2D eigenvalue weighted by atomic mass is 16.3. The molecule has 2 rings (SSSR count). The number of carbonyl (C=O) groups is 1. The molecule has 0 fully saturated rings. The number of nitrogens with zero attached hydrogens (tertiary/aromatic N) is 2. The molecule has 0 bridgehead atoms. The SMILES string of the molecule is CC(C)CC(O)CNC(=O)Nc1cccc(-c2nccn2C)c1. The first-order valence-electron chi connectivity index (χ1n) is 7.76. The van der Waals surface area contributed by atoms with E-state index < -0.39 is 6.10 Å². The summed E-state index contributed by atoms with van der Waals surface area (Å²) >= 11 is 0. The molecule has 6 heteroatoms. The zero-order chi connectivity index (χ0) is 16.8. The van der Waals surface area contributed by atoms with Gasteiger partial charge >= 0.3 is 6.03 Å². The monoisotopic (exact) mass is 316 g/mol. The summed E-state index contributed by atoms with van der Waals surface area (Å²) in [6, 6.07) is 7.17. The summed E-state index contributed by atoms with van der Waals surface area (Å²) in [4.78, 5) is 16.2. The normalized spacial score (nSPS) is 12.2. The molecule has 0 aliphatic heterocycles. The first-order chi connectivity index (χ1) is 11.0. The average Bonchev–Trinajstić information content (AvgIpc) is 2.91. The molecule has 0 saturated heterocycles. The lowest BCUT2D eigenvalue weighted by Gasteiger charge is -2.14. The van der Waals surface area contributed by atoms with Gasteiger partial charge in [-0.25, -0.2) is 9.78 Å². The zero-order valence-electron chi connectivity index (χ0n) is 13.8. The number of aromatic nitrogens is 2. The lowest BCUT2D eigenvalue weighted by Crippen LogP contribution is -2.35. The van der Waals surface area contributed by atoms with E-state index in [1.54, 1.807) is 6.20 Å². The molecule has 1 aromatic heterocycles. The standard InChI is InChI=1S/C17H24N4O2/c1-12(2)9-15(22)11-19-17(23)20-14-6-4-5-13(10-14)16-18-7-8-21(16)3/h4-8,10,12,15,22H,9,11H2,1-3H3,(H2,19,20,23). The lowest BCUT2D eigenvalue weighted by atomic mass is 10.1. The van der Waals surface area contributed by atoms with Crippen LogP contribution in [0.1, 0.15) is 20.3 Å². The van der Waals surface area contributed by atoms with E-state index in [2.05, 4.69) is 15.6 Å². The Morgan fingerprint density at radius 2 is 2.17 bits per heavy atom. The van der Waals surface area contributed by atoms with Gasteiger partial charge in [0.15, 0.2) is 0 Å². The van der Waals surface area contributed by atoms with Crippen molar-refractivity contribution in [2.45, 2.75) is 26.4 Å². The quantitative estimate of drug-likeness (QED) is 0.766. The second-order valence-electron chi connectivity index (χ2n) is 6.06. The summed E-state index contributed by atoms with van der Waals surface area (Å²) in [6.45, 7) is 4.31. The van der Waals surface area contributed by atoms with E-state index in [4.69, 9.17) is 0 Å². The molecular weight excluding hydrogens is 292 g/mol. The molecule has 0 spiro atoms. The molecule has 1 heterocycles. The van der Waals surface area contributed by atoms with Crippen molar-refractivity contribution in [2.75, 3.05) is 11.9 Å². The van der Waals surface area contributed by atoms with Crippen LogP contribution in [0, 0.1) is 5.92 Å². The van der Waals surface area contributed by atoms with Crippen molar-refractivity contribution in [3.8, 4) is 11.4 Å². The molecule has 0 radical (unpaired) electrons. The van der Waals surface area contributed by atoms with E-state index >= 15 is 0 Å². The minimum Gasteiger partial charge on any atom is -0.391 e. The largest absolute Gasteiger partial charge is 0.391 e. The highest BCUT2D eigenvalue weighted by Gasteiger charge is 2.10. The molecule has 2 aromatic rings. The van der Waals surface area contributed by atoms with Gasteiger partial charge in [0.1, 0.15) is 5.82 Å². The number of benzene rings is 1. The number of aliphatic hydroxyl groups excluding tert-OH is 1. The van der Waals surface area contributed by atoms with Gasteiger partial charge in [0, 0.05) is 37.2 Å². The second kappa shape index (κ2) is 7.78. The van der Waals surface area contributed by atoms with Crippen LogP contribution in [-0.4, -0.2) is 33.3 Å². The molecule has 2 amide bonds. The van der Waals surface area contributed by atoms with Crippen molar-refractivity contribution in [1.82, 2.24) is 14.9 Å². The Labute approximate surface area is 136 Å². The maximum atomic E-state index is 11.9. The first kappa shape index (κ1) is 17.0. The van der Waals surface area contributed by atoms with Crippen LogP contribution in [0.4, 0.5) is 10.5 Å². The van der Waals surface area contributed by atoms with Gasteiger partial charge in [-0.2, -0.15) is 0 Å². The minimum atomic E-state index is -0.528. The predicted octanol–water partition coefficient (Wildman–Crippen LogP) is 2.62. The van der Waals surface area contributed by atoms with Crippen LogP contribution in [0.3, 0.4) is 0 Å². The fourth-order valence-corrected chi connectivity index (χ4v) is 2.39. The fourth-order valence-electron chi connectivity index (χ4n) is 2.39. The van der Waals surface area contributed by atoms with Crippen LogP contribution in [-0.2, 0) is 7.05 Å². The number of aliphatic hydroxyl groups is 1. The van der Waals surface area contributed by atoms with Crippen molar-refractivity contribution in [3.63, 3.8) is 0 Å². The van der Waals surface area contributed by atoms with Gasteiger partial charge < -0.3 is 20.3 Å². The molecule has 1 aromatic carbocycles. The van der Waals surface area contributed by atoms with Gasteiger partial charge in [-0.15, -0.1) is 0 Å². The number of rotatable bonds is 6. The van der Waals surface area contributed by atoms with Crippen molar-refractivity contribution in [2.24, 2.45) is 13.0 Å². The van der Waals surface area contributed by atoms with Crippen LogP contribution >= 0.6 is 0 Å². The third-order valence-corrected chi connectivity index (χ3v) is 3.44. The van der Waals surface area contributed by atoms with E-state index in [1.165, 1.54) is 0 Å². The first-order valence-corrected chi connectivity index (χ1v) is 7.76. The molecule has 6 nitrogen and oxygen atoms in total. The maximum Gasteiger partial charge on any atom is 0.319 e. The number of imidazole rings is 1. The number of carbonyl (C=O) groups excluding carboxylic acids is 1. The summed E-state index contributed by atoms with van der Waals surface area (Å²) in [7, 11) is 1.92. The van der Waals surface area contributed by atoms with Crippen molar-refractivity contribution >= 4 is 11.7 Å². The molecule has 0 saturated carbocycles. The van der Waals surface area contributed by atoms with Crippen molar-refractivity contribution in [1.29, 1.82) is 0 Å². The number of hydrogen-bond acceptors (Lipinski definition) is 3. The van der Waals surface area contributed by atoms with E-state index in [0.717, 1.165) is 11.4 Å². The Morgan fingerprint density at radius 3 is 2.83 bits per heavy atom. The van der Waals surface area contributed by atoms with Gasteiger partial charge in [-0.3, -0.25) is 0 Å². The third kappa shape index (κ3) is 5.10. The van der Waals surface area contributed by atoms with Gasteiger partial charge in [-0.1, -0.05) is 26.0 Å². The lowest BCUT2D eigenvalue weighted by molar-refractivity contribution is 0.148. The number of anilines is 1. The minimum absolute atomic E-state index is 0.239. The van der Waals surface area contributed by atoms with Crippen LogP contribution < -0.4 is 10.6 Å². The summed E-state index contributed by atoms with van der Waals surface area (Å²) in [5.41, 5.74) is 1.61. The number of hydrogen-bond donors (Lipinski definition) is 3. The number of urea groups is 1. The van der Waals surface area contributed by atoms with Crippen molar-refractivity contribution in [3.05, 3.63) is 36.7 Å². The van der Waals surface area contributed by atoms with Gasteiger partial charge in [0.05, 0.1) is 6.10 Å². The predicted molar refractivity (Wildman–Crippen MR) is 91.1 cm³/mol. The molecule has 23 heavy (non-hydrogen) atoms. The molecule has 0 aliphatic rings. The summed E-state index contributed by atoms with van der Waals surface area (Å²) < 4.78 is 1.92. The van der Waals surface area contributed by atoms with Gasteiger partial charge in [-0.05, 0) is 24.5 Å². The molecule has 1 unspecified atom stereocenters. The fraction of sp³-hybridized carbons (Fsp3) is 0.412. The average molecular weight is 316 g/mol. The summed E-state index contributed by atoms with van der Waals surface area (Å²) in [6.07, 6.45) is 3.74. The Hall–Kier alpha value is -2.34. The highest BCUT2D eigenvalue weighted by Crippen LogP contribution is 2.20. The number of nitrogens with one attached hydrogen (secondary N) is 2. The second-order valence-corrected chi connectivity index (χ2v) is 6.06. The Balaban J connectivity index is 1.93. The number of amides is 2. The van der Waals surface area contributed by atoms with Crippen LogP contribution in [0.15, 0.2) is 36.7 Å². The Bertz CT molecular complexity index is 652. The topological polar surface area (TPSA) is 79.2 Å². The highest BCUT2D eigenvalue weighted by molar-refractivity contribution is 5.89. The van der Waals surface area contributed by atoms with E-state index in [-0.39, 0.29) is 12.6 Å². The summed E-state index contributed by atoms with van der Waals surface area (Å²) in [5, 5.41) is 15.2. The maximum absolute atomic E-state index is 11.9. The van der Waals surface area contributed by atoms with Crippen LogP contribution in [0.5, 0.6) is 0 Å². The van der Waals surface area contributed by atoms with Gasteiger partial charge in [0.2, 0.25) is 0 Å². The van der Waals surface area contributed by atoms with Crippen LogP contribution in [0.2, 0.25) is 0 Å². The summed E-state index contributed by atoms with van der Waals surface area (Å²) in [5.74, 6) is 1.23. The van der Waals surface area contributed by atoms with E-state index in [1.807, 2.05) is 55.9 Å².